The Morgan fingerprint density at radius 1 is 1.00 bits per heavy atom. The molecule has 0 atom stereocenters. The van der Waals surface area contributed by atoms with Gasteiger partial charge >= 0.3 is 0 Å². The Morgan fingerprint density at radius 3 is 2.59 bits per heavy atom. The van der Waals surface area contributed by atoms with Crippen LogP contribution in [0, 0.1) is 17.6 Å². The second-order valence-corrected chi connectivity index (χ2v) is 13.2. The lowest BCUT2D eigenvalue weighted by atomic mass is 10.0. The maximum atomic E-state index is 15.3. The summed E-state index contributed by atoms with van der Waals surface area (Å²) in [5, 5.41) is 10.3. The van der Waals surface area contributed by atoms with E-state index in [1.165, 1.54) is 24.4 Å². The molecule has 4 aromatic heterocycles. The second kappa shape index (κ2) is 11.2. The van der Waals surface area contributed by atoms with Crippen molar-refractivity contribution in [3.8, 4) is 33.9 Å². The number of sulfone groups is 1. The standard InChI is InChI=1S/C31H27F2N7O3S/c1-16(2)31(41)36-22-11-20(14-34-15-22)18-12-23-27(24(33)13-18)39-40-28(23)30-37-25-4-6-35-26(29(25)38-30)19-8-17(9-21(32)10-19)5-7-44(3,42)43/h4,6,8-16H,5,7H2,1-3H3,(H,36,41)(H,37,38)(H,39,40). The maximum absolute atomic E-state index is 15.3. The minimum absolute atomic E-state index is 0.112. The van der Waals surface area contributed by atoms with Crippen LogP contribution in [0.15, 0.2) is 61.1 Å². The first-order valence-electron chi connectivity index (χ1n) is 13.7. The van der Waals surface area contributed by atoms with E-state index in [0.29, 0.717) is 61.6 Å². The zero-order valence-electron chi connectivity index (χ0n) is 23.9. The number of aromatic nitrogens is 6. The molecule has 1 amide bonds. The molecule has 13 heteroatoms. The summed E-state index contributed by atoms with van der Waals surface area (Å²) in [7, 11) is -3.23. The highest BCUT2D eigenvalue weighted by Crippen LogP contribution is 2.34. The fraction of sp³-hybridized carbons (Fsp3) is 0.194. The third kappa shape index (κ3) is 5.91. The van der Waals surface area contributed by atoms with Gasteiger partial charge in [-0.05, 0) is 60.0 Å². The van der Waals surface area contributed by atoms with Crippen molar-refractivity contribution in [1.29, 1.82) is 0 Å². The van der Waals surface area contributed by atoms with Gasteiger partial charge in [-0.25, -0.2) is 22.2 Å². The van der Waals surface area contributed by atoms with Crippen LogP contribution in [-0.4, -0.2) is 56.5 Å². The summed E-state index contributed by atoms with van der Waals surface area (Å²) >= 11 is 0. The van der Waals surface area contributed by atoms with E-state index in [0.717, 1.165) is 6.26 Å². The third-order valence-corrected chi connectivity index (χ3v) is 8.05. The minimum atomic E-state index is -3.23. The Kier molecular flexibility index (Phi) is 7.41. The number of rotatable bonds is 8. The number of fused-ring (bicyclic) bond motifs is 2. The van der Waals surface area contributed by atoms with Gasteiger partial charge < -0.3 is 10.3 Å². The quantitative estimate of drug-likeness (QED) is 0.199. The molecule has 224 valence electrons. The molecule has 0 radical (unpaired) electrons. The molecule has 0 spiro atoms. The van der Waals surface area contributed by atoms with E-state index >= 15 is 4.39 Å². The van der Waals surface area contributed by atoms with E-state index < -0.39 is 21.5 Å². The second-order valence-electron chi connectivity index (χ2n) is 10.9. The average Bonchev–Trinajstić information content (AvgIpc) is 3.60. The smallest absolute Gasteiger partial charge is 0.226 e. The average molecular weight is 616 g/mol. The highest BCUT2D eigenvalue weighted by Gasteiger charge is 2.19. The zero-order chi connectivity index (χ0) is 31.2. The number of hydrogen-bond acceptors (Lipinski definition) is 7. The molecule has 0 saturated heterocycles. The van der Waals surface area contributed by atoms with Gasteiger partial charge in [0.2, 0.25) is 5.91 Å². The summed E-state index contributed by atoms with van der Waals surface area (Å²) in [5.74, 6) is -1.22. The number of pyridine rings is 2. The maximum Gasteiger partial charge on any atom is 0.226 e. The van der Waals surface area contributed by atoms with Crippen LogP contribution < -0.4 is 5.32 Å². The third-order valence-electron chi connectivity index (χ3n) is 7.11. The van der Waals surface area contributed by atoms with Crippen LogP contribution in [0.2, 0.25) is 0 Å². The molecule has 0 bridgehead atoms. The van der Waals surface area contributed by atoms with E-state index in [1.54, 1.807) is 50.5 Å². The van der Waals surface area contributed by atoms with Crippen LogP contribution in [0.25, 0.3) is 55.8 Å². The van der Waals surface area contributed by atoms with Crippen molar-refractivity contribution in [1.82, 2.24) is 30.1 Å². The van der Waals surface area contributed by atoms with Crippen molar-refractivity contribution in [3.63, 3.8) is 0 Å². The van der Waals surface area contributed by atoms with Crippen molar-refractivity contribution in [2.45, 2.75) is 20.3 Å². The largest absolute Gasteiger partial charge is 0.337 e. The first-order valence-corrected chi connectivity index (χ1v) is 15.8. The van der Waals surface area contributed by atoms with E-state index in [-0.39, 0.29) is 29.5 Å². The zero-order valence-corrected chi connectivity index (χ0v) is 24.8. The number of imidazole rings is 1. The normalized spacial score (nSPS) is 12.0. The van der Waals surface area contributed by atoms with Crippen LogP contribution in [0.3, 0.4) is 0 Å². The van der Waals surface area contributed by atoms with Gasteiger partial charge in [0.25, 0.3) is 0 Å². The van der Waals surface area contributed by atoms with Gasteiger partial charge in [-0.3, -0.25) is 19.9 Å². The van der Waals surface area contributed by atoms with Gasteiger partial charge in [-0.2, -0.15) is 5.10 Å². The number of aryl methyl sites for hydroxylation is 1. The van der Waals surface area contributed by atoms with E-state index in [1.807, 2.05) is 0 Å². The number of anilines is 1. The predicted molar refractivity (Wildman–Crippen MR) is 164 cm³/mol. The molecule has 0 aliphatic carbocycles. The summed E-state index contributed by atoms with van der Waals surface area (Å²) < 4.78 is 53.2. The molecule has 10 nitrogen and oxygen atoms in total. The van der Waals surface area contributed by atoms with Crippen LogP contribution in [-0.2, 0) is 21.1 Å². The molecule has 0 saturated carbocycles. The number of nitrogens with zero attached hydrogens (tertiary/aromatic N) is 4. The van der Waals surface area contributed by atoms with E-state index in [2.05, 4.69) is 30.5 Å². The van der Waals surface area contributed by atoms with Gasteiger partial charge in [0.1, 0.15) is 32.4 Å². The lowest BCUT2D eigenvalue weighted by Gasteiger charge is -2.09. The Balaban J connectivity index is 1.40. The molecule has 6 rings (SSSR count). The van der Waals surface area contributed by atoms with Crippen molar-refractivity contribution in [3.05, 3.63) is 78.3 Å². The van der Waals surface area contributed by atoms with Gasteiger partial charge in [0.05, 0.1) is 28.8 Å². The first-order chi connectivity index (χ1) is 20.9. The molecular formula is C31H27F2N7O3S. The Hall–Kier alpha value is -5.04. The fourth-order valence-corrected chi connectivity index (χ4v) is 5.48. The lowest BCUT2D eigenvalue weighted by Crippen LogP contribution is -2.17. The summed E-state index contributed by atoms with van der Waals surface area (Å²) in [6, 6.07) is 10.9. The van der Waals surface area contributed by atoms with Crippen LogP contribution in [0.4, 0.5) is 14.5 Å². The Morgan fingerprint density at radius 2 is 1.82 bits per heavy atom. The molecule has 44 heavy (non-hydrogen) atoms. The lowest BCUT2D eigenvalue weighted by molar-refractivity contribution is -0.118. The molecule has 3 N–H and O–H groups in total. The molecule has 4 heterocycles. The molecular weight excluding hydrogens is 588 g/mol. The number of hydrogen-bond donors (Lipinski definition) is 3. The van der Waals surface area contributed by atoms with Crippen LogP contribution in [0.1, 0.15) is 19.4 Å². The van der Waals surface area contributed by atoms with Gasteiger partial charge in [-0.15, -0.1) is 0 Å². The topological polar surface area (TPSA) is 146 Å². The van der Waals surface area contributed by atoms with E-state index in [9.17, 15) is 17.6 Å². The summed E-state index contributed by atoms with van der Waals surface area (Å²) in [4.78, 5) is 28.8. The minimum Gasteiger partial charge on any atom is -0.337 e. The summed E-state index contributed by atoms with van der Waals surface area (Å²) in [6.07, 6.45) is 5.95. The molecule has 0 aliphatic rings. The molecule has 0 fully saturated rings. The monoisotopic (exact) mass is 615 g/mol. The number of halogens is 2. The highest BCUT2D eigenvalue weighted by molar-refractivity contribution is 7.90. The number of H-pyrrole nitrogens is 2. The fourth-order valence-electron chi connectivity index (χ4n) is 4.87. The number of amides is 1. The van der Waals surface area contributed by atoms with Gasteiger partial charge in [0.15, 0.2) is 11.6 Å². The molecule has 6 aromatic rings. The van der Waals surface area contributed by atoms with Crippen molar-refractivity contribution >= 4 is 43.4 Å². The van der Waals surface area contributed by atoms with Gasteiger partial charge in [0, 0.05) is 41.1 Å². The first kappa shape index (κ1) is 29.1. The molecule has 0 unspecified atom stereocenters. The highest BCUT2D eigenvalue weighted by atomic mass is 32.2. The number of carbonyl (C=O) groups is 1. The van der Waals surface area contributed by atoms with Crippen LogP contribution in [0.5, 0.6) is 0 Å². The number of benzene rings is 2. The molecule has 2 aromatic carbocycles. The van der Waals surface area contributed by atoms with E-state index in [4.69, 9.17) is 4.98 Å². The van der Waals surface area contributed by atoms with Crippen LogP contribution >= 0.6 is 0 Å². The SMILES string of the molecule is CC(C)C(=O)Nc1cncc(-c2cc(F)c3n[nH]c(-c4nc5c(-c6cc(F)cc(CCS(C)(=O)=O)c6)nccc5[nH]4)c3c2)c1. The Labute approximate surface area is 250 Å². The van der Waals surface area contributed by atoms with Crippen molar-refractivity contribution < 1.29 is 22.0 Å². The summed E-state index contributed by atoms with van der Waals surface area (Å²) in [5.41, 5.74) is 4.54. The number of carbonyl (C=O) groups excluding carboxylic acids is 1. The van der Waals surface area contributed by atoms with Gasteiger partial charge in [-0.1, -0.05) is 13.8 Å². The van der Waals surface area contributed by atoms with Crippen molar-refractivity contribution in [2.24, 2.45) is 5.92 Å². The Bertz CT molecular complexity index is 2170. The summed E-state index contributed by atoms with van der Waals surface area (Å²) in [6.45, 7) is 3.57. The number of aromatic amines is 2. The molecule has 0 aliphatic heterocycles. The van der Waals surface area contributed by atoms with Crippen molar-refractivity contribution in [2.75, 3.05) is 17.3 Å². The number of nitrogens with one attached hydrogen (secondary N) is 3. The predicted octanol–water partition coefficient (Wildman–Crippen LogP) is 5.69.